The Kier molecular flexibility index (Phi) is 3.09. The second kappa shape index (κ2) is 4.12. The lowest BCUT2D eigenvalue weighted by atomic mass is 9.92. The Bertz CT molecular complexity index is 199. The van der Waals surface area contributed by atoms with E-state index in [0.717, 1.165) is 24.7 Å². The van der Waals surface area contributed by atoms with Gasteiger partial charge < -0.3 is 0 Å². The van der Waals surface area contributed by atoms with Crippen molar-refractivity contribution in [2.75, 3.05) is 0 Å². The summed E-state index contributed by atoms with van der Waals surface area (Å²) >= 11 is 0. The summed E-state index contributed by atoms with van der Waals surface area (Å²) in [7, 11) is 0. The van der Waals surface area contributed by atoms with Gasteiger partial charge in [0.2, 0.25) is 0 Å². The molecule has 0 aromatic heterocycles. The number of carbonyl (C=O) groups excluding carboxylic acids is 1. The van der Waals surface area contributed by atoms with Crippen molar-refractivity contribution < 1.29 is 4.79 Å². The highest BCUT2D eigenvalue weighted by Gasteiger charge is 2.08. The number of rotatable bonds is 2. The van der Waals surface area contributed by atoms with Crippen molar-refractivity contribution in [1.82, 2.24) is 0 Å². The minimum Gasteiger partial charge on any atom is -0.298 e. The Hall–Kier alpha value is -0.850. The van der Waals surface area contributed by atoms with Crippen molar-refractivity contribution in [3.63, 3.8) is 0 Å². The first kappa shape index (κ1) is 8.25. The summed E-state index contributed by atoms with van der Waals surface area (Å²) in [6, 6.07) is 0. The first-order valence-electron chi connectivity index (χ1n) is 4.18. The van der Waals surface area contributed by atoms with Gasteiger partial charge in [-0.3, -0.25) is 4.79 Å². The maximum Gasteiger partial charge on any atom is 0.146 e. The van der Waals surface area contributed by atoms with Crippen LogP contribution in [0.4, 0.5) is 0 Å². The highest BCUT2D eigenvalue weighted by atomic mass is 16.1. The third kappa shape index (κ3) is 2.04. The molecular formula is C10H14O. The SMILES string of the molecule is C/C=C\C1=C(C=O)CCCC1. The van der Waals surface area contributed by atoms with Crippen LogP contribution in [-0.2, 0) is 4.79 Å². The van der Waals surface area contributed by atoms with E-state index >= 15 is 0 Å². The second-order valence-electron chi connectivity index (χ2n) is 2.88. The Morgan fingerprint density at radius 1 is 1.18 bits per heavy atom. The van der Waals surface area contributed by atoms with E-state index in [9.17, 15) is 4.79 Å². The molecule has 1 nitrogen and oxygen atoms in total. The Balaban J connectivity index is 2.81. The Morgan fingerprint density at radius 3 is 2.36 bits per heavy atom. The molecule has 0 aromatic rings. The predicted molar refractivity (Wildman–Crippen MR) is 46.4 cm³/mol. The average molecular weight is 150 g/mol. The van der Waals surface area contributed by atoms with Gasteiger partial charge in [-0.15, -0.1) is 0 Å². The number of carbonyl (C=O) groups is 1. The molecule has 0 spiro atoms. The van der Waals surface area contributed by atoms with Crippen molar-refractivity contribution >= 4 is 6.29 Å². The second-order valence-corrected chi connectivity index (χ2v) is 2.88. The fourth-order valence-electron chi connectivity index (χ4n) is 1.48. The van der Waals surface area contributed by atoms with Gasteiger partial charge in [-0.05, 0) is 43.8 Å². The van der Waals surface area contributed by atoms with Gasteiger partial charge in [0, 0.05) is 0 Å². The van der Waals surface area contributed by atoms with E-state index in [1.54, 1.807) is 0 Å². The molecule has 0 saturated carbocycles. The summed E-state index contributed by atoms with van der Waals surface area (Å²) in [5, 5.41) is 0. The fraction of sp³-hybridized carbons (Fsp3) is 0.500. The molecule has 0 amide bonds. The van der Waals surface area contributed by atoms with Gasteiger partial charge in [0.05, 0.1) is 0 Å². The van der Waals surface area contributed by atoms with Crippen LogP contribution in [0.2, 0.25) is 0 Å². The summed E-state index contributed by atoms with van der Waals surface area (Å²) in [4.78, 5) is 10.6. The smallest absolute Gasteiger partial charge is 0.146 e. The minimum atomic E-state index is 0.975. The molecule has 0 saturated heterocycles. The van der Waals surface area contributed by atoms with Crippen molar-refractivity contribution in [2.24, 2.45) is 0 Å². The molecule has 0 radical (unpaired) electrons. The van der Waals surface area contributed by atoms with E-state index in [1.807, 2.05) is 13.0 Å². The largest absolute Gasteiger partial charge is 0.298 e. The number of hydrogen-bond acceptors (Lipinski definition) is 1. The molecular weight excluding hydrogens is 136 g/mol. The zero-order chi connectivity index (χ0) is 8.10. The van der Waals surface area contributed by atoms with Crippen molar-refractivity contribution in [1.29, 1.82) is 0 Å². The van der Waals surface area contributed by atoms with Gasteiger partial charge in [0.25, 0.3) is 0 Å². The lowest BCUT2D eigenvalue weighted by Gasteiger charge is -2.12. The molecule has 60 valence electrons. The van der Waals surface area contributed by atoms with E-state index < -0.39 is 0 Å². The summed E-state index contributed by atoms with van der Waals surface area (Å²) in [5.74, 6) is 0. The predicted octanol–water partition coefficient (Wildman–Crippen LogP) is 2.63. The molecule has 0 N–H and O–H groups in total. The van der Waals surface area contributed by atoms with E-state index in [4.69, 9.17) is 0 Å². The van der Waals surface area contributed by atoms with E-state index in [2.05, 4.69) is 6.08 Å². The van der Waals surface area contributed by atoms with Crippen LogP contribution in [0.5, 0.6) is 0 Å². The van der Waals surface area contributed by atoms with Crippen LogP contribution in [0.3, 0.4) is 0 Å². The molecule has 0 unspecified atom stereocenters. The first-order valence-corrected chi connectivity index (χ1v) is 4.18. The zero-order valence-electron chi connectivity index (χ0n) is 6.97. The van der Waals surface area contributed by atoms with Crippen LogP contribution in [0.25, 0.3) is 0 Å². The molecule has 1 aliphatic rings. The van der Waals surface area contributed by atoms with Crippen LogP contribution in [0.1, 0.15) is 32.6 Å². The Morgan fingerprint density at radius 2 is 1.82 bits per heavy atom. The van der Waals surface area contributed by atoms with E-state index in [-0.39, 0.29) is 0 Å². The van der Waals surface area contributed by atoms with Crippen LogP contribution < -0.4 is 0 Å². The lowest BCUT2D eigenvalue weighted by Crippen LogP contribution is -1.98. The van der Waals surface area contributed by atoms with Crippen LogP contribution in [-0.4, -0.2) is 6.29 Å². The molecule has 11 heavy (non-hydrogen) atoms. The summed E-state index contributed by atoms with van der Waals surface area (Å²) in [6.07, 6.45) is 9.54. The number of hydrogen-bond donors (Lipinski definition) is 0. The molecule has 0 heterocycles. The third-order valence-corrected chi connectivity index (χ3v) is 2.06. The van der Waals surface area contributed by atoms with Gasteiger partial charge in [0.1, 0.15) is 6.29 Å². The monoisotopic (exact) mass is 150 g/mol. The van der Waals surface area contributed by atoms with Crippen molar-refractivity contribution in [3.8, 4) is 0 Å². The first-order chi connectivity index (χ1) is 5.38. The van der Waals surface area contributed by atoms with E-state index in [1.165, 1.54) is 18.4 Å². The molecule has 1 rings (SSSR count). The minimum absolute atomic E-state index is 0.975. The molecule has 1 heteroatoms. The molecule has 0 atom stereocenters. The topological polar surface area (TPSA) is 17.1 Å². The van der Waals surface area contributed by atoms with Gasteiger partial charge in [-0.1, -0.05) is 12.2 Å². The molecule has 0 aliphatic heterocycles. The molecule has 1 aliphatic carbocycles. The summed E-state index contributed by atoms with van der Waals surface area (Å²) in [6.45, 7) is 1.99. The van der Waals surface area contributed by atoms with E-state index in [0.29, 0.717) is 0 Å². The van der Waals surface area contributed by atoms with Gasteiger partial charge in [-0.25, -0.2) is 0 Å². The quantitative estimate of drug-likeness (QED) is 0.553. The average Bonchev–Trinajstić information content (AvgIpc) is 2.06. The Labute approximate surface area is 67.8 Å². The summed E-state index contributed by atoms with van der Waals surface area (Å²) < 4.78 is 0. The molecule has 0 fully saturated rings. The lowest BCUT2D eigenvalue weighted by molar-refractivity contribution is -0.105. The zero-order valence-corrected chi connectivity index (χ0v) is 6.97. The third-order valence-electron chi connectivity index (χ3n) is 2.06. The van der Waals surface area contributed by atoms with Crippen molar-refractivity contribution in [2.45, 2.75) is 32.6 Å². The normalized spacial score (nSPS) is 19.4. The maximum absolute atomic E-state index is 10.6. The van der Waals surface area contributed by atoms with Gasteiger partial charge in [-0.2, -0.15) is 0 Å². The molecule has 0 aromatic carbocycles. The van der Waals surface area contributed by atoms with Crippen LogP contribution in [0.15, 0.2) is 23.3 Å². The van der Waals surface area contributed by atoms with Crippen molar-refractivity contribution in [3.05, 3.63) is 23.3 Å². The number of allylic oxidation sites excluding steroid dienone is 4. The fourth-order valence-corrected chi connectivity index (χ4v) is 1.48. The maximum atomic E-state index is 10.6. The highest BCUT2D eigenvalue weighted by Crippen LogP contribution is 2.23. The van der Waals surface area contributed by atoms with Crippen LogP contribution >= 0.6 is 0 Å². The summed E-state index contributed by atoms with van der Waals surface area (Å²) in [5.41, 5.74) is 2.25. The molecule has 0 bridgehead atoms. The number of aldehydes is 1. The standard InChI is InChI=1S/C10H14O/c1-2-5-9-6-3-4-7-10(9)8-11/h2,5,8H,3-4,6-7H2,1H3/b5-2-. The van der Waals surface area contributed by atoms with Crippen LogP contribution in [0, 0.1) is 0 Å². The highest BCUT2D eigenvalue weighted by molar-refractivity contribution is 5.75. The van der Waals surface area contributed by atoms with Gasteiger partial charge in [0.15, 0.2) is 0 Å². The van der Waals surface area contributed by atoms with Gasteiger partial charge >= 0.3 is 0 Å².